The van der Waals surface area contributed by atoms with E-state index >= 15 is 0 Å². The molecule has 1 aromatic heterocycles. The lowest BCUT2D eigenvalue weighted by Gasteiger charge is -2.35. The second-order valence-electron chi connectivity index (χ2n) is 4.96. The van der Waals surface area contributed by atoms with Crippen LogP contribution in [0.3, 0.4) is 0 Å². The predicted molar refractivity (Wildman–Crippen MR) is 64.1 cm³/mol. The molecule has 1 aliphatic heterocycles. The standard InChI is InChI=1S/C12H17N3O3/c1-12(18)2-4-15(5-3-12)7-10-9(11(16)17)6-13-8-14-10/h6,8,18H,2-5,7H2,1H3,(H,16,17). The largest absolute Gasteiger partial charge is 0.478 e. The SMILES string of the molecule is CC1(O)CCN(Cc2ncncc2C(=O)O)CC1. The average Bonchev–Trinajstić information content (AvgIpc) is 2.32. The number of aromatic carboxylic acids is 1. The zero-order chi connectivity index (χ0) is 13.2. The molecule has 0 radical (unpaired) electrons. The van der Waals surface area contributed by atoms with E-state index in [1.54, 1.807) is 0 Å². The van der Waals surface area contributed by atoms with Gasteiger partial charge >= 0.3 is 5.97 Å². The highest BCUT2D eigenvalue weighted by Gasteiger charge is 2.28. The van der Waals surface area contributed by atoms with E-state index in [0.29, 0.717) is 25.1 Å². The molecule has 2 heterocycles. The van der Waals surface area contributed by atoms with Crippen molar-refractivity contribution >= 4 is 5.97 Å². The summed E-state index contributed by atoms with van der Waals surface area (Å²) in [6.07, 6.45) is 4.08. The summed E-state index contributed by atoms with van der Waals surface area (Å²) in [5.74, 6) is -1.00. The van der Waals surface area contributed by atoms with Crippen LogP contribution in [-0.2, 0) is 6.54 Å². The first kappa shape index (κ1) is 12.9. The Kier molecular flexibility index (Phi) is 3.58. The minimum atomic E-state index is -1.00. The van der Waals surface area contributed by atoms with Crippen molar-refractivity contribution in [3.8, 4) is 0 Å². The van der Waals surface area contributed by atoms with E-state index in [1.807, 2.05) is 6.92 Å². The lowest BCUT2D eigenvalue weighted by molar-refractivity contribution is -0.00771. The van der Waals surface area contributed by atoms with E-state index in [4.69, 9.17) is 5.11 Å². The van der Waals surface area contributed by atoms with Crippen molar-refractivity contribution in [3.05, 3.63) is 23.8 Å². The summed E-state index contributed by atoms with van der Waals surface area (Å²) in [4.78, 5) is 20.9. The van der Waals surface area contributed by atoms with Gasteiger partial charge in [0.05, 0.1) is 11.3 Å². The molecule has 0 amide bonds. The van der Waals surface area contributed by atoms with Crippen molar-refractivity contribution in [2.24, 2.45) is 0 Å². The van der Waals surface area contributed by atoms with Crippen LogP contribution in [0.2, 0.25) is 0 Å². The number of hydrogen-bond donors (Lipinski definition) is 2. The first-order valence-corrected chi connectivity index (χ1v) is 5.95. The third-order valence-electron chi connectivity index (χ3n) is 3.33. The Labute approximate surface area is 105 Å². The van der Waals surface area contributed by atoms with Gasteiger partial charge in [-0.05, 0) is 19.8 Å². The van der Waals surface area contributed by atoms with E-state index < -0.39 is 11.6 Å². The van der Waals surface area contributed by atoms with Gasteiger partial charge in [0.1, 0.15) is 11.9 Å². The first-order valence-electron chi connectivity index (χ1n) is 5.95. The molecule has 0 unspecified atom stereocenters. The number of piperidine rings is 1. The third kappa shape index (κ3) is 3.02. The lowest BCUT2D eigenvalue weighted by atomic mass is 9.94. The summed E-state index contributed by atoms with van der Waals surface area (Å²) in [5, 5.41) is 18.9. The molecule has 1 aromatic rings. The van der Waals surface area contributed by atoms with E-state index in [1.165, 1.54) is 12.5 Å². The highest BCUT2D eigenvalue weighted by Crippen LogP contribution is 2.22. The van der Waals surface area contributed by atoms with Gasteiger partial charge in [0.2, 0.25) is 0 Å². The highest BCUT2D eigenvalue weighted by atomic mass is 16.4. The van der Waals surface area contributed by atoms with Crippen LogP contribution in [0.4, 0.5) is 0 Å². The van der Waals surface area contributed by atoms with Crippen LogP contribution in [0.25, 0.3) is 0 Å². The van der Waals surface area contributed by atoms with Crippen molar-refractivity contribution in [2.75, 3.05) is 13.1 Å². The van der Waals surface area contributed by atoms with Crippen LogP contribution >= 0.6 is 0 Å². The Bertz CT molecular complexity index is 438. The number of aliphatic hydroxyl groups is 1. The van der Waals surface area contributed by atoms with Gasteiger partial charge in [-0.3, -0.25) is 4.90 Å². The Hall–Kier alpha value is -1.53. The quantitative estimate of drug-likeness (QED) is 0.814. The summed E-state index contributed by atoms with van der Waals surface area (Å²) < 4.78 is 0. The monoisotopic (exact) mass is 251 g/mol. The number of nitrogens with zero attached hydrogens (tertiary/aromatic N) is 3. The summed E-state index contributed by atoms with van der Waals surface area (Å²) in [6, 6.07) is 0. The lowest BCUT2D eigenvalue weighted by Crippen LogP contribution is -2.42. The van der Waals surface area contributed by atoms with E-state index in [-0.39, 0.29) is 5.56 Å². The van der Waals surface area contributed by atoms with Gasteiger partial charge in [0, 0.05) is 25.8 Å². The van der Waals surface area contributed by atoms with Crippen LogP contribution in [-0.4, -0.2) is 49.7 Å². The smallest absolute Gasteiger partial charge is 0.339 e. The second-order valence-corrected chi connectivity index (χ2v) is 4.96. The topological polar surface area (TPSA) is 86.5 Å². The molecule has 0 aliphatic carbocycles. The summed E-state index contributed by atoms with van der Waals surface area (Å²) in [7, 11) is 0. The van der Waals surface area contributed by atoms with Gasteiger partial charge in [0.15, 0.2) is 0 Å². The van der Waals surface area contributed by atoms with Gasteiger partial charge in [-0.15, -0.1) is 0 Å². The van der Waals surface area contributed by atoms with Crippen molar-refractivity contribution in [3.63, 3.8) is 0 Å². The second kappa shape index (κ2) is 4.99. The number of rotatable bonds is 3. The maximum Gasteiger partial charge on any atom is 0.339 e. The fraction of sp³-hybridized carbons (Fsp3) is 0.583. The number of likely N-dealkylation sites (tertiary alicyclic amines) is 1. The van der Waals surface area contributed by atoms with Crippen LogP contribution in [0, 0.1) is 0 Å². The Balaban J connectivity index is 2.04. The Morgan fingerprint density at radius 2 is 2.17 bits per heavy atom. The molecule has 0 spiro atoms. The van der Waals surface area contributed by atoms with Crippen molar-refractivity contribution in [2.45, 2.75) is 31.9 Å². The summed E-state index contributed by atoms with van der Waals surface area (Å²) in [5.41, 5.74) is 0.0755. The van der Waals surface area contributed by atoms with Gasteiger partial charge in [0.25, 0.3) is 0 Å². The summed E-state index contributed by atoms with van der Waals surface area (Å²) >= 11 is 0. The molecule has 2 N–H and O–H groups in total. The fourth-order valence-corrected chi connectivity index (χ4v) is 2.06. The molecule has 18 heavy (non-hydrogen) atoms. The van der Waals surface area contributed by atoms with E-state index in [2.05, 4.69) is 14.9 Å². The molecular weight excluding hydrogens is 234 g/mol. The molecule has 1 aliphatic rings. The molecule has 1 fully saturated rings. The van der Waals surface area contributed by atoms with Gasteiger partial charge < -0.3 is 10.2 Å². The summed E-state index contributed by atoms with van der Waals surface area (Å²) in [6.45, 7) is 3.81. The van der Waals surface area contributed by atoms with Gasteiger partial charge in [-0.25, -0.2) is 14.8 Å². The molecule has 2 rings (SSSR count). The zero-order valence-electron chi connectivity index (χ0n) is 10.3. The maximum atomic E-state index is 11.0. The molecule has 98 valence electrons. The molecule has 0 saturated carbocycles. The van der Waals surface area contributed by atoms with Crippen LogP contribution in [0.15, 0.2) is 12.5 Å². The van der Waals surface area contributed by atoms with Crippen LogP contribution in [0.1, 0.15) is 35.8 Å². The van der Waals surface area contributed by atoms with E-state index in [0.717, 1.165) is 13.1 Å². The predicted octanol–water partition coefficient (Wildman–Crippen LogP) is 0.522. The van der Waals surface area contributed by atoms with Crippen molar-refractivity contribution in [1.82, 2.24) is 14.9 Å². The highest BCUT2D eigenvalue weighted by molar-refractivity contribution is 5.88. The minimum Gasteiger partial charge on any atom is -0.478 e. The minimum absolute atomic E-state index is 0.148. The van der Waals surface area contributed by atoms with Crippen LogP contribution in [0.5, 0.6) is 0 Å². The average molecular weight is 251 g/mol. The zero-order valence-corrected chi connectivity index (χ0v) is 10.3. The molecule has 6 heteroatoms. The fourth-order valence-electron chi connectivity index (χ4n) is 2.06. The van der Waals surface area contributed by atoms with E-state index in [9.17, 15) is 9.90 Å². The molecule has 1 saturated heterocycles. The molecular formula is C12H17N3O3. The molecule has 0 aromatic carbocycles. The number of carboxylic acids is 1. The number of carboxylic acid groups (broad SMARTS) is 1. The van der Waals surface area contributed by atoms with Gasteiger partial charge in [-0.2, -0.15) is 0 Å². The van der Waals surface area contributed by atoms with Gasteiger partial charge in [-0.1, -0.05) is 0 Å². The number of aromatic nitrogens is 2. The third-order valence-corrected chi connectivity index (χ3v) is 3.33. The first-order chi connectivity index (χ1) is 8.48. The molecule has 6 nitrogen and oxygen atoms in total. The Morgan fingerprint density at radius 3 is 2.78 bits per heavy atom. The number of carbonyl (C=O) groups is 1. The Morgan fingerprint density at radius 1 is 1.50 bits per heavy atom. The van der Waals surface area contributed by atoms with Crippen LogP contribution < -0.4 is 0 Å². The van der Waals surface area contributed by atoms with Crippen molar-refractivity contribution in [1.29, 1.82) is 0 Å². The molecule has 0 atom stereocenters. The maximum absolute atomic E-state index is 11.0. The normalized spacial score (nSPS) is 19.7. The van der Waals surface area contributed by atoms with Crippen molar-refractivity contribution < 1.29 is 15.0 Å². The molecule has 0 bridgehead atoms. The number of hydrogen-bond acceptors (Lipinski definition) is 5.